The molecule has 0 saturated carbocycles. The predicted molar refractivity (Wildman–Crippen MR) is 122 cm³/mol. The molecule has 2 aromatic carbocycles. The van der Waals surface area contributed by atoms with Crippen LogP contribution in [0.5, 0.6) is 0 Å². The number of benzene rings is 2. The van der Waals surface area contributed by atoms with Crippen molar-refractivity contribution < 1.29 is 9.59 Å². The topological polar surface area (TPSA) is 119 Å². The second kappa shape index (κ2) is 10.0. The van der Waals surface area contributed by atoms with E-state index in [0.717, 1.165) is 37.2 Å². The number of carbonyl (C=O) groups is 2. The maximum Gasteiger partial charge on any atom is 0.250 e. The third-order valence-electron chi connectivity index (χ3n) is 5.49. The summed E-state index contributed by atoms with van der Waals surface area (Å²) in [5.41, 5.74) is 8.39. The van der Waals surface area contributed by atoms with Gasteiger partial charge in [0.2, 0.25) is 11.7 Å². The third kappa shape index (κ3) is 5.29. The van der Waals surface area contributed by atoms with Crippen molar-refractivity contribution in [2.45, 2.75) is 38.6 Å². The molecule has 1 aliphatic rings. The van der Waals surface area contributed by atoms with Crippen LogP contribution in [0.25, 0.3) is 11.4 Å². The monoisotopic (exact) mass is 433 g/mol. The van der Waals surface area contributed by atoms with E-state index in [1.165, 1.54) is 11.2 Å². The first kappa shape index (κ1) is 21.5. The van der Waals surface area contributed by atoms with Crippen molar-refractivity contribution in [2.75, 3.05) is 23.3 Å². The van der Waals surface area contributed by atoms with Gasteiger partial charge in [0, 0.05) is 30.8 Å². The number of nitrogens with two attached hydrogens (primary N) is 1. The number of rotatable bonds is 8. The minimum atomic E-state index is -0.460. The molecule has 0 bridgehead atoms. The number of piperidine rings is 1. The van der Waals surface area contributed by atoms with Crippen LogP contribution in [0, 0.1) is 0 Å². The fraction of sp³-hybridized carbons (Fsp3) is 0.348. The van der Waals surface area contributed by atoms with E-state index in [1.54, 1.807) is 12.1 Å². The van der Waals surface area contributed by atoms with Gasteiger partial charge in [0.1, 0.15) is 0 Å². The third-order valence-corrected chi connectivity index (χ3v) is 5.49. The van der Waals surface area contributed by atoms with Gasteiger partial charge in [-0.15, -0.1) is 10.2 Å². The van der Waals surface area contributed by atoms with Crippen LogP contribution in [0.15, 0.2) is 48.5 Å². The summed E-state index contributed by atoms with van der Waals surface area (Å²) in [7, 11) is 0. The second-order valence-electron chi connectivity index (χ2n) is 7.87. The highest BCUT2D eigenvalue weighted by Crippen LogP contribution is 2.27. The summed E-state index contributed by atoms with van der Waals surface area (Å²) < 4.78 is 0. The molecule has 3 N–H and O–H groups in total. The Morgan fingerprint density at radius 2 is 1.81 bits per heavy atom. The Kier molecular flexibility index (Phi) is 6.74. The molecule has 32 heavy (non-hydrogen) atoms. The van der Waals surface area contributed by atoms with E-state index in [-0.39, 0.29) is 5.91 Å². The van der Waals surface area contributed by atoms with Gasteiger partial charge in [-0.2, -0.15) is 4.80 Å². The molecule has 9 heteroatoms. The van der Waals surface area contributed by atoms with Crippen molar-refractivity contribution in [3.63, 3.8) is 0 Å². The number of amides is 2. The van der Waals surface area contributed by atoms with Crippen LogP contribution in [0.2, 0.25) is 0 Å². The van der Waals surface area contributed by atoms with Crippen molar-refractivity contribution in [2.24, 2.45) is 5.73 Å². The minimum Gasteiger partial charge on any atom is -0.371 e. The lowest BCUT2D eigenvalue weighted by Gasteiger charge is -2.30. The van der Waals surface area contributed by atoms with E-state index in [1.807, 2.05) is 36.4 Å². The van der Waals surface area contributed by atoms with Gasteiger partial charge in [-0.25, -0.2) is 0 Å². The van der Waals surface area contributed by atoms with E-state index in [9.17, 15) is 9.59 Å². The average Bonchev–Trinajstić information content (AvgIpc) is 3.29. The van der Waals surface area contributed by atoms with Crippen molar-refractivity contribution in [1.29, 1.82) is 0 Å². The van der Waals surface area contributed by atoms with Crippen LogP contribution in [0.1, 0.15) is 42.5 Å². The summed E-state index contributed by atoms with van der Waals surface area (Å²) in [4.78, 5) is 28.0. The van der Waals surface area contributed by atoms with Gasteiger partial charge >= 0.3 is 0 Å². The van der Waals surface area contributed by atoms with Gasteiger partial charge in [0.05, 0.1) is 17.8 Å². The molecule has 1 aliphatic heterocycles. The Hall–Kier alpha value is -3.75. The molecule has 166 valence electrons. The minimum absolute atomic E-state index is 0.107. The average molecular weight is 434 g/mol. The summed E-state index contributed by atoms with van der Waals surface area (Å²) >= 11 is 0. The Morgan fingerprint density at radius 1 is 1.03 bits per heavy atom. The number of primary amides is 1. The fourth-order valence-electron chi connectivity index (χ4n) is 3.86. The maximum atomic E-state index is 12.5. The van der Waals surface area contributed by atoms with Crippen LogP contribution < -0.4 is 16.0 Å². The number of nitrogens with zero attached hydrogens (tertiary/aromatic N) is 5. The molecule has 4 rings (SSSR count). The lowest BCUT2D eigenvalue weighted by Crippen LogP contribution is -2.31. The van der Waals surface area contributed by atoms with E-state index in [4.69, 9.17) is 5.73 Å². The molecule has 1 fully saturated rings. The zero-order chi connectivity index (χ0) is 22.3. The molecule has 0 atom stereocenters. The molecule has 1 aromatic heterocycles. The number of hydrogen-bond donors (Lipinski definition) is 2. The second-order valence-corrected chi connectivity index (χ2v) is 7.87. The highest BCUT2D eigenvalue weighted by Gasteiger charge is 2.18. The maximum absolute atomic E-state index is 12.5. The van der Waals surface area contributed by atoms with Crippen LogP contribution in [0.3, 0.4) is 0 Å². The van der Waals surface area contributed by atoms with Crippen molar-refractivity contribution in [1.82, 2.24) is 20.2 Å². The van der Waals surface area contributed by atoms with Gasteiger partial charge in [-0.05, 0) is 49.1 Å². The number of anilines is 2. The SMILES string of the molecule is NC(=O)c1ccc(NC(=O)CCCn2nnc(-c3ccccc3)n2)cc1N1CCCCC1. The summed E-state index contributed by atoms with van der Waals surface area (Å²) in [6.45, 7) is 2.26. The number of aromatic nitrogens is 4. The first-order chi connectivity index (χ1) is 15.6. The summed E-state index contributed by atoms with van der Waals surface area (Å²) in [6.07, 6.45) is 4.24. The number of hydrogen-bond acceptors (Lipinski definition) is 6. The van der Waals surface area contributed by atoms with Gasteiger partial charge < -0.3 is 16.0 Å². The lowest BCUT2D eigenvalue weighted by atomic mass is 10.1. The van der Waals surface area contributed by atoms with Gasteiger partial charge in [0.25, 0.3) is 5.91 Å². The number of tetrazole rings is 1. The van der Waals surface area contributed by atoms with Crippen molar-refractivity contribution in [3.8, 4) is 11.4 Å². The molecule has 0 radical (unpaired) electrons. The van der Waals surface area contributed by atoms with Crippen molar-refractivity contribution >= 4 is 23.2 Å². The van der Waals surface area contributed by atoms with Gasteiger partial charge in [0.15, 0.2) is 0 Å². The Morgan fingerprint density at radius 3 is 2.56 bits per heavy atom. The zero-order valence-corrected chi connectivity index (χ0v) is 17.9. The molecule has 2 heterocycles. The fourth-order valence-corrected chi connectivity index (χ4v) is 3.86. The van der Waals surface area contributed by atoms with Gasteiger partial charge in [-0.1, -0.05) is 30.3 Å². The molecular weight excluding hydrogens is 406 g/mol. The van der Waals surface area contributed by atoms with E-state index in [2.05, 4.69) is 25.6 Å². The number of aryl methyl sites for hydroxylation is 1. The number of nitrogens with one attached hydrogen (secondary N) is 1. The first-order valence-corrected chi connectivity index (χ1v) is 10.9. The smallest absolute Gasteiger partial charge is 0.250 e. The Balaban J connectivity index is 1.33. The van der Waals surface area contributed by atoms with Gasteiger partial charge in [-0.3, -0.25) is 9.59 Å². The number of carbonyl (C=O) groups excluding carboxylic acids is 2. The normalized spacial score (nSPS) is 13.7. The Labute approximate surface area is 186 Å². The largest absolute Gasteiger partial charge is 0.371 e. The molecule has 3 aromatic rings. The molecular formula is C23H27N7O2. The zero-order valence-electron chi connectivity index (χ0n) is 17.9. The van der Waals surface area contributed by atoms with E-state index >= 15 is 0 Å². The molecule has 0 unspecified atom stereocenters. The molecule has 2 amide bonds. The van der Waals surface area contributed by atoms with E-state index in [0.29, 0.717) is 36.5 Å². The summed E-state index contributed by atoms with van der Waals surface area (Å²) in [5, 5.41) is 15.4. The highest BCUT2D eigenvalue weighted by atomic mass is 16.2. The molecule has 0 aliphatic carbocycles. The van der Waals surface area contributed by atoms with Crippen LogP contribution in [0.4, 0.5) is 11.4 Å². The lowest BCUT2D eigenvalue weighted by molar-refractivity contribution is -0.116. The van der Waals surface area contributed by atoms with Crippen LogP contribution in [-0.2, 0) is 11.3 Å². The highest BCUT2D eigenvalue weighted by molar-refractivity contribution is 6.00. The Bertz CT molecular complexity index is 1070. The standard InChI is InChI=1S/C23H27N7O2/c24-22(32)19-12-11-18(16-20(19)29-13-5-2-6-14-29)25-21(31)10-7-15-30-27-23(26-28-30)17-8-3-1-4-9-17/h1,3-4,8-9,11-12,16H,2,5-7,10,13-15H2,(H2,24,32)(H,25,31). The first-order valence-electron chi connectivity index (χ1n) is 10.9. The molecule has 1 saturated heterocycles. The molecule has 0 spiro atoms. The van der Waals surface area contributed by atoms with Crippen molar-refractivity contribution in [3.05, 3.63) is 54.1 Å². The van der Waals surface area contributed by atoms with Crippen LogP contribution in [-0.4, -0.2) is 45.1 Å². The summed E-state index contributed by atoms with van der Waals surface area (Å²) in [6, 6.07) is 14.9. The predicted octanol–water partition coefficient (Wildman–Crippen LogP) is 2.85. The van der Waals surface area contributed by atoms with E-state index < -0.39 is 5.91 Å². The van der Waals surface area contributed by atoms with Crippen LogP contribution >= 0.6 is 0 Å². The summed E-state index contributed by atoms with van der Waals surface area (Å²) in [5.74, 6) is -0.00157. The quantitative estimate of drug-likeness (QED) is 0.564. The molecule has 9 nitrogen and oxygen atoms in total.